The van der Waals surface area contributed by atoms with E-state index in [0.717, 1.165) is 35.1 Å². The maximum atomic E-state index is 15.5. The van der Waals surface area contributed by atoms with Crippen LogP contribution in [0.25, 0.3) is 11.1 Å². The molecular weight excluding hydrogens is 472 g/mol. The van der Waals surface area contributed by atoms with Gasteiger partial charge in [-0.3, -0.25) is 4.79 Å². The van der Waals surface area contributed by atoms with E-state index < -0.39 is 10.8 Å². The van der Waals surface area contributed by atoms with E-state index in [1.807, 2.05) is 6.07 Å². The molecule has 0 amide bonds. The Bertz CT molecular complexity index is 1640. The molecule has 0 aromatic heterocycles. The number of benzene rings is 5. The molecule has 2 bridgehead atoms. The van der Waals surface area contributed by atoms with Gasteiger partial charge in [-0.2, -0.15) is 0 Å². The van der Waals surface area contributed by atoms with Crippen molar-refractivity contribution in [1.82, 2.24) is 0 Å². The molecule has 39 heavy (non-hydrogen) atoms. The zero-order valence-corrected chi connectivity index (χ0v) is 21.8. The van der Waals surface area contributed by atoms with Crippen LogP contribution in [-0.4, -0.2) is 5.78 Å². The lowest BCUT2D eigenvalue weighted by molar-refractivity contribution is -0.123. The summed E-state index contributed by atoms with van der Waals surface area (Å²) in [7, 11) is 0. The predicted octanol–water partition coefficient (Wildman–Crippen LogP) is 8.32. The molecule has 5 aromatic rings. The van der Waals surface area contributed by atoms with Crippen molar-refractivity contribution >= 4 is 16.9 Å². The molecule has 1 heteroatoms. The maximum absolute atomic E-state index is 15.5. The van der Waals surface area contributed by atoms with Crippen LogP contribution in [0.15, 0.2) is 152 Å². The van der Waals surface area contributed by atoms with Gasteiger partial charge in [-0.25, -0.2) is 0 Å². The van der Waals surface area contributed by atoms with Crippen molar-refractivity contribution < 1.29 is 4.79 Å². The Labute approximate surface area is 230 Å². The number of hydrogen-bond donors (Lipinski definition) is 0. The van der Waals surface area contributed by atoms with Crippen molar-refractivity contribution in [1.29, 1.82) is 0 Å². The summed E-state index contributed by atoms with van der Waals surface area (Å²) in [5.41, 5.74) is 6.56. The molecule has 5 aromatic carbocycles. The Hall–Kier alpha value is -4.49. The molecule has 2 aliphatic carbocycles. The molecule has 0 N–H and O–H groups in total. The summed E-state index contributed by atoms with van der Waals surface area (Å²) >= 11 is 0. The van der Waals surface area contributed by atoms with Gasteiger partial charge in [0.25, 0.3) is 0 Å². The number of Topliss-reactive ketones (excluding diaryl/α,β-unsaturated/α-hetero) is 1. The SMILES string of the molecule is O=C1C2(c3ccccc3)CC(Cc3ccccc3)C1(c1ccccc1)C(c1ccccc1)=C2c1ccccc1. The van der Waals surface area contributed by atoms with E-state index in [1.54, 1.807) is 0 Å². The third kappa shape index (κ3) is 3.43. The summed E-state index contributed by atoms with van der Waals surface area (Å²) in [6.45, 7) is 0. The van der Waals surface area contributed by atoms with E-state index in [-0.39, 0.29) is 5.92 Å². The highest BCUT2D eigenvalue weighted by atomic mass is 16.1. The number of carbonyl (C=O) groups is 1. The molecule has 0 radical (unpaired) electrons. The summed E-state index contributed by atoms with van der Waals surface area (Å²) in [6, 6.07) is 53.0. The van der Waals surface area contributed by atoms with Crippen molar-refractivity contribution in [2.75, 3.05) is 0 Å². The van der Waals surface area contributed by atoms with Crippen molar-refractivity contribution in [2.24, 2.45) is 5.92 Å². The second-order valence-electron chi connectivity index (χ2n) is 10.8. The van der Waals surface area contributed by atoms with Gasteiger partial charge >= 0.3 is 0 Å². The van der Waals surface area contributed by atoms with Crippen molar-refractivity contribution in [3.05, 3.63) is 179 Å². The van der Waals surface area contributed by atoms with Gasteiger partial charge in [0, 0.05) is 0 Å². The van der Waals surface area contributed by atoms with Crippen LogP contribution in [0.4, 0.5) is 0 Å². The summed E-state index contributed by atoms with van der Waals surface area (Å²) < 4.78 is 0. The second-order valence-corrected chi connectivity index (χ2v) is 10.8. The highest BCUT2D eigenvalue weighted by Crippen LogP contribution is 2.70. The molecule has 1 saturated carbocycles. The summed E-state index contributed by atoms with van der Waals surface area (Å²) in [4.78, 5) is 15.5. The first kappa shape index (κ1) is 23.6. The molecule has 1 fully saturated rings. The summed E-state index contributed by atoms with van der Waals surface area (Å²) in [5, 5.41) is 0. The molecule has 3 unspecified atom stereocenters. The number of hydrogen-bond acceptors (Lipinski definition) is 1. The Balaban J connectivity index is 1.62. The minimum absolute atomic E-state index is 0.109. The molecule has 1 nitrogen and oxygen atoms in total. The average Bonchev–Trinajstić information content (AvgIpc) is 3.40. The standard InChI is InChI=1S/C38H30O/c39-36-37(31-22-12-4-13-23-31)27-33(26-28-16-6-1-7-17-28)38(36,32-24-14-5-15-25-32)35(30-20-10-3-11-21-30)34(37)29-18-8-2-9-19-29/h1-25,33H,26-27H2. The molecule has 0 spiro atoms. The molecule has 3 atom stereocenters. The fourth-order valence-corrected chi connectivity index (χ4v) is 7.51. The van der Waals surface area contributed by atoms with Gasteiger partial charge in [-0.15, -0.1) is 0 Å². The third-order valence-corrected chi connectivity index (χ3v) is 8.93. The molecule has 0 saturated heterocycles. The first-order chi connectivity index (χ1) is 19.3. The Morgan fingerprint density at radius 3 is 1.49 bits per heavy atom. The maximum Gasteiger partial charge on any atom is 0.163 e. The van der Waals surface area contributed by atoms with E-state index in [1.165, 1.54) is 16.7 Å². The van der Waals surface area contributed by atoms with Crippen molar-refractivity contribution in [3.8, 4) is 0 Å². The number of ketones is 1. The van der Waals surface area contributed by atoms with Crippen LogP contribution in [0, 0.1) is 5.92 Å². The first-order valence-corrected chi connectivity index (χ1v) is 13.8. The molecule has 0 aliphatic heterocycles. The number of allylic oxidation sites excluding steroid dienone is 2. The Morgan fingerprint density at radius 1 is 0.513 bits per heavy atom. The van der Waals surface area contributed by atoms with E-state index in [9.17, 15) is 0 Å². The molecule has 188 valence electrons. The lowest BCUT2D eigenvalue weighted by atomic mass is 9.61. The zero-order chi connectivity index (χ0) is 26.3. The largest absolute Gasteiger partial charge is 0.297 e. The van der Waals surface area contributed by atoms with E-state index >= 15 is 4.79 Å². The fourth-order valence-electron chi connectivity index (χ4n) is 7.51. The van der Waals surface area contributed by atoms with Crippen LogP contribution in [-0.2, 0) is 22.0 Å². The highest BCUT2D eigenvalue weighted by molar-refractivity contribution is 6.29. The third-order valence-electron chi connectivity index (χ3n) is 8.93. The molecule has 7 rings (SSSR count). The Kier molecular flexibility index (Phi) is 5.67. The highest BCUT2D eigenvalue weighted by Gasteiger charge is 2.71. The molecule has 0 heterocycles. The average molecular weight is 503 g/mol. The number of carbonyl (C=O) groups excluding carboxylic acids is 1. The van der Waals surface area contributed by atoms with Gasteiger partial charge in [-0.05, 0) is 57.7 Å². The summed E-state index contributed by atoms with van der Waals surface area (Å²) in [6.07, 6.45) is 1.62. The zero-order valence-electron chi connectivity index (χ0n) is 21.8. The van der Waals surface area contributed by atoms with Crippen molar-refractivity contribution in [2.45, 2.75) is 23.7 Å². The second kappa shape index (κ2) is 9.36. The van der Waals surface area contributed by atoms with E-state index in [4.69, 9.17) is 0 Å². The lowest BCUT2D eigenvalue weighted by Crippen LogP contribution is -2.39. The smallest absolute Gasteiger partial charge is 0.163 e. The van der Waals surface area contributed by atoms with E-state index in [2.05, 4.69) is 146 Å². The summed E-state index contributed by atoms with van der Waals surface area (Å²) in [5.74, 6) is 0.420. The minimum Gasteiger partial charge on any atom is -0.297 e. The lowest BCUT2D eigenvalue weighted by Gasteiger charge is -2.39. The number of fused-ring (bicyclic) bond motifs is 2. The van der Waals surface area contributed by atoms with Gasteiger partial charge in [0.15, 0.2) is 5.78 Å². The fraction of sp³-hybridized carbons (Fsp3) is 0.132. The van der Waals surface area contributed by atoms with Gasteiger partial charge in [0.05, 0.1) is 10.8 Å². The van der Waals surface area contributed by atoms with Gasteiger partial charge in [0.1, 0.15) is 0 Å². The van der Waals surface area contributed by atoms with Crippen LogP contribution in [0.5, 0.6) is 0 Å². The quantitative estimate of drug-likeness (QED) is 0.228. The van der Waals surface area contributed by atoms with Crippen LogP contribution in [0.1, 0.15) is 34.2 Å². The molecule has 2 aliphatic rings. The van der Waals surface area contributed by atoms with Crippen LogP contribution in [0.2, 0.25) is 0 Å². The topological polar surface area (TPSA) is 17.1 Å². The minimum atomic E-state index is -0.764. The van der Waals surface area contributed by atoms with E-state index in [0.29, 0.717) is 5.78 Å². The van der Waals surface area contributed by atoms with Crippen LogP contribution < -0.4 is 0 Å². The Morgan fingerprint density at radius 2 is 0.949 bits per heavy atom. The van der Waals surface area contributed by atoms with Gasteiger partial charge < -0.3 is 0 Å². The molecular formula is C38H30O. The number of rotatable bonds is 6. The van der Waals surface area contributed by atoms with Crippen LogP contribution in [0.3, 0.4) is 0 Å². The van der Waals surface area contributed by atoms with Gasteiger partial charge in [0.2, 0.25) is 0 Å². The first-order valence-electron chi connectivity index (χ1n) is 13.8. The van der Waals surface area contributed by atoms with Crippen LogP contribution >= 0.6 is 0 Å². The van der Waals surface area contributed by atoms with Crippen molar-refractivity contribution in [3.63, 3.8) is 0 Å². The predicted molar refractivity (Wildman–Crippen MR) is 159 cm³/mol. The normalized spacial score (nSPS) is 23.8. The van der Waals surface area contributed by atoms with Gasteiger partial charge in [-0.1, -0.05) is 152 Å². The monoisotopic (exact) mass is 502 g/mol.